The predicted molar refractivity (Wildman–Crippen MR) is 132 cm³/mol. The van der Waals surface area contributed by atoms with Gasteiger partial charge in [-0.15, -0.1) is 0 Å². The number of amides is 1. The van der Waals surface area contributed by atoms with Crippen molar-refractivity contribution in [2.24, 2.45) is 0 Å². The van der Waals surface area contributed by atoms with Gasteiger partial charge in [0.25, 0.3) is 5.91 Å². The van der Waals surface area contributed by atoms with Gasteiger partial charge < -0.3 is 9.47 Å². The Morgan fingerprint density at radius 2 is 1.91 bits per heavy atom. The fraction of sp³-hybridized carbons (Fsp3) is 0.304. The third-order valence-corrected chi connectivity index (χ3v) is 7.37. The number of halogens is 2. The summed E-state index contributed by atoms with van der Waals surface area (Å²) in [5.74, 6) is -0.682. The Morgan fingerprint density at radius 1 is 1.21 bits per heavy atom. The molecule has 2 heterocycles. The minimum atomic E-state index is -3.67. The third-order valence-electron chi connectivity index (χ3n) is 5.40. The van der Waals surface area contributed by atoms with E-state index in [1.54, 1.807) is 49.0 Å². The van der Waals surface area contributed by atoms with Gasteiger partial charge in [-0.1, -0.05) is 12.1 Å². The number of benzene rings is 1. The van der Waals surface area contributed by atoms with Crippen LogP contribution in [-0.4, -0.2) is 67.8 Å². The largest absolute Gasteiger partial charge is 0.343 e. The number of rotatable bonds is 8. The van der Waals surface area contributed by atoms with Crippen LogP contribution in [0, 0.1) is 6.92 Å². The molecule has 11 heteroatoms. The number of fused-ring (bicyclic) bond motifs is 1. The fourth-order valence-corrected chi connectivity index (χ4v) is 4.65. The average Bonchev–Trinajstić information content (AvgIpc) is 3.07. The highest BCUT2D eigenvalue weighted by Crippen LogP contribution is 2.35. The molecule has 0 aliphatic carbocycles. The normalized spacial score (nSPS) is 12.5. The number of allylic oxidation sites excluding steroid dienone is 1. The summed E-state index contributed by atoms with van der Waals surface area (Å²) in [5.41, 5.74) is 3.23. The summed E-state index contributed by atoms with van der Waals surface area (Å²) >= 11 is 5.44. The number of carbonyl (C=O) groups is 1. The number of carbonyl (C=O) groups excluding carboxylic acids is 1. The van der Waals surface area contributed by atoms with Crippen LogP contribution in [-0.2, 0) is 16.6 Å². The van der Waals surface area contributed by atoms with E-state index in [4.69, 9.17) is 11.8 Å². The molecule has 0 radical (unpaired) electrons. The summed E-state index contributed by atoms with van der Waals surface area (Å²) in [5, 5.41) is 0. The molecule has 2 aromatic heterocycles. The number of aromatic nitrogens is 2. The van der Waals surface area contributed by atoms with Crippen LogP contribution in [0.2, 0.25) is 0 Å². The van der Waals surface area contributed by atoms with Crippen molar-refractivity contribution >= 4 is 38.7 Å². The molecule has 0 aliphatic heterocycles. The number of hydrogen-bond acceptors (Lipinski definition) is 5. The van der Waals surface area contributed by atoms with Crippen molar-refractivity contribution in [1.29, 1.82) is 0 Å². The van der Waals surface area contributed by atoms with Crippen molar-refractivity contribution < 1.29 is 17.6 Å². The maximum atomic E-state index is 14.6. The molecule has 0 saturated heterocycles. The summed E-state index contributed by atoms with van der Waals surface area (Å²) in [4.78, 5) is 21.1. The van der Waals surface area contributed by atoms with Gasteiger partial charge in [0.05, 0.1) is 22.5 Å². The molecule has 1 N–H and O–H groups in total. The van der Waals surface area contributed by atoms with Crippen LogP contribution in [0.1, 0.15) is 16.2 Å². The maximum absolute atomic E-state index is 14.6. The highest BCUT2D eigenvalue weighted by atomic mass is 35.5. The minimum Gasteiger partial charge on any atom is -0.343 e. The van der Waals surface area contributed by atoms with Gasteiger partial charge in [0, 0.05) is 46.0 Å². The summed E-state index contributed by atoms with van der Waals surface area (Å²) in [6.07, 6.45) is 1.33. The van der Waals surface area contributed by atoms with Crippen molar-refractivity contribution in [2.45, 2.75) is 18.4 Å². The van der Waals surface area contributed by atoms with Gasteiger partial charge in [0.15, 0.2) is 0 Å². The first-order chi connectivity index (χ1) is 16.0. The van der Waals surface area contributed by atoms with Gasteiger partial charge in [-0.2, -0.15) is 0 Å². The van der Waals surface area contributed by atoms with Crippen molar-refractivity contribution in [3.05, 3.63) is 59.7 Å². The molecule has 0 aliphatic rings. The molecule has 0 bridgehead atoms. The van der Waals surface area contributed by atoms with Crippen LogP contribution in [0.25, 0.3) is 22.2 Å². The average molecular weight is 508 g/mol. The summed E-state index contributed by atoms with van der Waals surface area (Å²) in [7, 11) is 2.52. The molecule has 0 atom stereocenters. The summed E-state index contributed by atoms with van der Waals surface area (Å²) in [6.45, 7) is 1.90. The zero-order valence-corrected chi connectivity index (χ0v) is 21.2. The van der Waals surface area contributed by atoms with Crippen LogP contribution in [0.15, 0.2) is 53.2 Å². The number of sulfonamides is 1. The molecule has 1 amide bonds. The molecule has 3 aromatic rings. The van der Waals surface area contributed by atoms with E-state index in [0.717, 1.165) is 4.31 Å². The Hall–Kier alpha value is -2.79. The van der Waals surface area contributed by atoms with E-state index in [2.05, 4.69) is 9.82 Å². The van der Waals surface area contributed by atoms with Gasteiger partial charge in [-0.05, 0) is 54.6 Å². The zero-order valence-electron chi connectivity index (χ0n) is 19.6. The van der Waals surface area contributed by atoms with Crippen LogP contribution in [0.3, 0.4) is 0 Å². The fourth-order valence-electron chi connectivity index (χ4n) is 3.63. The SMILES string of the molecule is Cc1c(-c2cccc(S(=O)(=O)N(C)C)c2)c2nc(C(=O)N(C)C)ccc2n1C/C(F)=C/CNCl. The first-order valence-electron chi connectivity index (χ1n) is 10.4. The smallest absolute Gasteiger partial charge is 0.271 e. The minimum absolute atomic E-state index is 0.0702. The third kappa shape index (κ3) is 5.00. The Kier molecular flexibility index (Phi) is 7.77. The molecular formula is C23H27ClFN5O3S. The molecule has 0 unspecified atom stereocenters. The van der Waals surface area contributed by atoms with Crippen LogP contribution in [0.4, 0.5) is 4.39 Å². The second kappa shape index (κ2) is 10.2. The topological polar surface area (TPSA) is 87.5 Å². The Balaban J connectivity index is 2.29. The molecule has 1 aromatic carbocycles. The summed E-state index contributed by atoms with van der Waals surface area (Å²) < 4.78 is 42.9. The van der Waals surface area contributed by atoms with Crippen LogP contribution < -0.4 is 4.84 Å². The first-order valence-corrected chi connectivity index (χ1v) is 12.2. The molecule has 182 valence electrons. The van der Waals surface area contributed by atoms with E-state index in [1.807, 2.05) is 6.92 Å². The van der Waals surface area contributed by atoms with E-state index in [0.29, 0.717) is 27.9 Å². The van der Waals surface area contributed by atoms with Gasteiger partial charge in [-0.3, -0.25) is 4.79 Å². The van der Waals surface area contributed by atoms with Crippen molar-refractivity contribution in [3.63, 3.8) is 0 Å². The van der Waals surface area contributed by atoms with Gasteiger partial charge in [0.1, 0.15) is 11.5 Å². The molecule has 34 heavy (non-hydrogen) atoms. The predicted octanol–water partition coefficient (Wildman–Crippen LogP) is 3.56. The van der Waals surface area contributed by atoms with E-state index >= 15 is 0 Å². The number of pyridine rings is 1. The van der Waals surface area contributed by atoms with Crippen molar-refractivity contribution in [3.8, 4) is 11.1 Å². The van der Waals surface area contributed by atoms with Crippen LogP contribution >= 0.6 is 11.8 Å². The number of nitrogens with one attached hydrogen (secondary N) is 1. The molecule has 3 rings (SSSR count). The lowest BCUT2D eigenvalue weighted by Gasteiger charge is -2.13. The Bertz CT molecular complexity index is 1370. The molecular weight excluding hydrogens is 481 g/mol. The first kappa shape index (κ1) is 25.8. The lowest BCUT2D eigenvalue weighted by atomic mass is 10.0. The van der Waals surface area contributed by atoms with E-state index in [-0.39, 0.29) is 29.6 Å². The maximum Gasteiger partial charge on any atom is 0.271 e. The number of nitrogens with zero attached hydrogens (tertiary/aromatic N) is 4. The van der Waals surface area contributed by atoms with Crippen molar-refractivity contribution in [2.75, 3.05) is 34.7 Å². The lowest BCUT2D eigenvalue weighted by molar-refractivity contribution is 0.0822. The van der Waals surface area contributed by atoms with Gasteiger partial charge in [-0.25, -0.2) is 26.9 Å². The Labute approximate surface area is 203 Å². The molecule has 0 fully saturated rings. The standard InChI is InChI=1S/C23H27ClFN5O3S/c1-15-21(16-7-6-8-18(13-16)34(32,33)29(4)5)22-20(30(15)14-17(25)11-12-26-24)10-9-19(27-22)23(31)28(2)3/h6-11,13,26H,12,14H2,1-5H3/b17-11-. The highest BCUT2D eigenvalue weighted by Gasteiger charge is 2.23. The van der Waals surface area contributed by atoms with Crippen LogP contribution in [0.5, 0.6) is 0 Å². The zero-order chi connectivity index (χ0) is 25.2. The molecule has 0 saturated carbocycles. The highest BCUT2D eigenvalue weighted by molar-refractivity contribution is 7.89. The summed E-state index contributed by atoms with van der Waals surface area (Å²) in [6, 6.07) is 9.82. The van der Waals surface area contributed by atoms with Gasteiger partial charge in [0.2, 0.25) is 10.0 Å². The van der Waals surface area contributed by atoms with E-state index < -0.39 is 15.9 Å². The second-order valence-electron chi connectivity index (χ2n) is 8.11. The van der Waals surface area contributed by atoms with Gasteiger partial charge >= 0.3 is 0 Å². The van der Waals surface area contributed by atoms with Crippen molar-refractivity contribution in [1.82, 2.24) is 23.6 Å². The quantitative estimate of drug-likeness (QED) is 0.471. The lowest BCUT2D eigenvalue weighted by Crippen LogP contribution is -2.22. The number of hydrogen-bond donors (Lipinski definition) is 1. The molecule has 0 spiro atoms. The van der Waals surface area contributed by atoms with E-state index in [1.165, 1.54) is 31.1 Å². The molecule has 8 nitrogen and oxygen atoms in total. The Morgan fingerprint density at radius 3 is 2.53 bits per heavy atom. The monoisotopic (exact) mass is 507 g/mol. The second-order valence-corrected chi connectivity index (χ2v) is 10.5. The van der Waals surface area contributed by atoms with E-state index in [9.17, 15) is 17.6 Å².